The second kappa shape index (κ2) is 7.59. The number of rotatable bonds is 4. The zero-order valence-electron chi connectivity index (χ0n) is 20.5. The number of oxime groups is 1. The summed E-state index contributed by atoms with van der Waals surface area (Å²) in [5, 5.41) is 14.8. The van der Waals surface area contributed by atoms with Crippen LogP contribution < -0.4 is 0 Å². The molecule has 0 saturated heterocycles. The molecule has 30 heavy (non-hydrogen) atoms. The average Bonchev–Trinajstić information content (AvgIpc) is 2.94. The van der Waals surface area contributed by atoms with Gasteiger partial charge in [0, 0.05) is 5.41 Å². The minimum absolute atomic E-state index is 0.0642. The summed E-state index contributed by atoms with van der Waals surface area (Å²) in [5.74, 6) is 3.03. The van der Waals surface area contributed by atoms with Gasteiger partial charge in [-0.1, -0.05) is 19.0 Å². The Bertz CT molecular complexity index is 690. The third kappa shape index (κ3) is 3.33. The molecule has 1 N–H and O–H groups in total. The maximum absolute atomic E-state index is 10.3. The summed E-state index contributed by atoms with van der Waals surface area (Å²) in [5.41, 5.74) is 1.34. The van der Waals surface area contributed by atoms with Crippen molar-refractivity contribution in [2.75, 3.05) is 7.11 Å². The summed E-state index contributed by atoms with van der Waals surface area (Å²) in [6, 6.07) is 0. The zero-order valence-corrected chi connectivity index (χ0v) is 21.5. The zero-order chi connectivity index (χ0) is 21.9. The van der Waals surface area contributed by atoms with Crippen molar-refractivity contribution in [3.63, 3.8) is 0 Å². The minimum atomic E-state index is -1.77. The molecule has 4 saturated carbocycles. The van der Waals surface area contributed by atoms with Gasteiger partial charge < -0.3 is 14.4 Å². The lowest BCUT2D eigenvalue weighted by Gasteiger charge is -2.62. The molecule has 5 heteroatoms. The van der Waals surface area contributed by atoms with Gasteiger partial charge in [0.2, 0.25) is 0 Å². The van der Waals surface area contributed by atoms with Gasteiger partial charge in [0.15, 0.2) is 8.32 Å². The van der Waals surface area contributed by atoms with E-state index in [1.54, 1.807) is 7.11 Å². The van der Waals surface area contributed by atoms with E-state index in [0.29, 0.717) is 17.3 Å². The number of hydrogen-bond acceptors (Lipinski definition) is 4. The van der Waals surface area contributed by atoms with Gasteiger partial charge in [0.05, 0.1) is 11.8 Å². The van der Waals surface area contributed by atoms with Crippen molar-refractivity contribution in [3.05, 3.63) is 0 Å². The van der Waals surface area contributed by atoms with Crippen molar-refractivity contribution in [3.8, 4) is 0 Å². The average molecular weight is 436 g/mol. The number of nitrogens with zero attached hydrogens (tertiary/aromatic N) is 1. The fourth-order valence-corrected chi connectivity index (χ4v) is 10.3. The molecule has 0 amide bonds. The van der Waals surface area contributed by atoms with Crippen LogP contribution in [0.15, 0.2) is 5.16 Å². The lowest BCUT2D eigenvalue weighted by molar-refractivity contribution is -0.140. The number of aliphatic hydroxyl groups is 1. The highest BCUT2D eigenvalue weighted by molar-refractivity contribution is 6.70. The molecule has 0 aromatic rings. The van der Waals surface area contributed by atoms with E-state index in [1.165, 1.54) is 38.5 Å². The molecule has 0 bridgehead atoms. The van der Waals surface area contributed by atoms with Crippen molar-refractivity contribution < 1.29 is 14.4 Å². The fourth-order valence-electron chi connectivity index (χ4n) is 8.80. The Morgan fingerprint density at radius 2 is 1.67 bits per heavy atom. The molecule has 172 valence electrons. The first-order chi connectivity index (χ1) is 14.0. The predicted molar refractivity (Wildman–Crippen MR) is 125 cm³/mol. The highest BCUT2D eigenvalue weighted by atomic mass is 28.4. The third-order valence-electron chi connectivity index (χ3n) is 10.1. The smallest absolute Gasteiger partial charge is 0.185 e. The molecule has 0 aliphatic heterocycles. The Labute approximate surface area is 185 Å². The van der Waals surface area contributed by atoms with Gasteiger partial charge in [-0.05, 0) is 113 Å². The molecule has 8 atom stereocenters. The van der Waals surface area contributed by atoms with Crippen molar-refractivity contribution in [2.45, 2.75) is 110 Å². The Kier molecular flexibility index (Phi) is 5.76. The van der Waals surface area contributed by atoms with Crippen molar-refractivity contribution >= 4 is 14.0 Å². The van der Waals surface area contributed by atoms with Crippen LogP contribution in [-0.2, 0) is 9.26 Å². The first kappa shape index (κ1) is 22.8. The Hall–Kier alpha value is -0.393. The quantitative estimate of drug-likeness (QED) is 0.334. The van der Waals surface area contributed by atoms with Crippen LogP contribution >= 0.6 is 0 Å². The molecule has 4 aliphatic carbocycles. The van der Waals surface area contributed by atoms with Gasteiger partial charge in [0.25, 0.3) is 0 Å². The van der Waals surface area contributed by atoms with Crippen LogP contribution in [0, 0.1) is 34.5 Å². The summed E-state index contributed by atoms with van der Waals surface area (Å²) in [7, 11) is -0.104. The van der Waals surface area contributed by atoms with E-state index >= 15 is 0 Å². The van der Waals surface area contributed by atoms with Crippen LogP contribution in [0.1, 0.15) is 78.6 Å². The van der Waals surface area contributed by atoms with E-state index < -0.39 is 8.32 Å². The standard InChI is InChI=1S/C25H45NO3Si/c1-17(26-28-4)25(29-30(5,6)7)15-12-22-20-9-8-18-16-19(27)10-13-23(18,2)21(20)11-14-24(22,25)3/h18-22,27H,8-16H2,1-7H3/b26-17+/t18-,19-,20-,21+,22+,23+,24+,25-/m1/s1. The second-order valence-corrected chi connectivity index (χ2v) is 16.9. The molecule has 0 aromatic carbocycles. The van der Waals surface area contributed by atoms with E-state index in [4.69, 9.17) is 9.26 Å². The van der Waals surface area contributed by atoms with E-state index in [-0.39, 0.29) is 17.1 Å². The molecule has 0 heterocycles. The Balaban J connectivity index is 1.68. The van der Waals surface area contributed by atoms with Gasteiger partial charge in [0.1, 0.15) is 12.7 Å². The normalized spacial score (nSPS) is 49.2. The van der Waals surface area contributed by atoms with Crippen LogP contribution in [-0.4, -0.2) is 38.0 Å². The number of aliphatic hydroxyl groups excluding tert-OH is 1. The van der Waals surface area contributed by atoms with Gasteiger partial charge >= 0.3 is 0 Å². The van der Waals surface area contributed by atoms with Crippen LogP contribution in [0.2, 0.25) is 19.6 Å². The summed E-state index contributed by atoms with van der Waals surface area (Å²) < 4.78 is 7.09. The molecule has 4 nitrogen and oxygen atoms in total. The molecular formula is C25H45NO3Si. The SMILES string of the molecule is CO/N=C(\C)[C@]1(O[Si](C)(C)C)CC[C@H]2[C@@H]3CC[C@@H]4C[C@H](O)CC[C@]4(C)[C@H]3CC[C@@]21C. The Morgan fingerprint density at radius 1 is 0.967 bits per heavy atom. The van der Waals surface area contributed by atoms with E-state index in [0.717, 1.165) is 36.8 Å². The van der Waals surface area contributed by atoms with Crippen LogP contribution in [0.5, 0.6) is 0 Å². The summed E-state index contributed by atoms with van der Waals surface area (Å²) in [6.45, 7) is 14.2. The van der Waals surface area contributed by atoms with Crippen LogP contribution in [0.4, 0.5) is 0 Å². The summed E-state index contributed by atoms with van der Waals surface area (Å²) in [6.07, 6.45) is 10.7. The molecule has 0 spiro atoms. The predicted octanol–water partition coefficient (Wildman–Crippen LogP) is 6.00. The van der Waals surface area contributed by atoms with E-state index in [9.17, 15) is 5.11 Å². The first-order valence-electron chi connectivity index (χ1n) is 12.4. The van der Waals surface area contributed by atoms with Gasteiger partial charge in [-0.15, -0.1) is 0 Å². The van der Waals surface area contributed by atoms with Crippen LogP contribution in [0.25, 0.3) is 0 Å². The molecule has 4 fully saturated rings. The molecule has 4 aliphatic rings. The van der Waals surface area contributed by atoms with Crippen LogP contribution in [0.3, 0.4) is 0 Å². The highest BCUT2D eigenvalue weighted by Gasteiger charge is 2.67. The molecule has 0 radical (unpaired) electrons. The molecule has 0 aromatic heterocycles. The van der Waals surface area contributed by atoms with E-state index in [1.807, 2.05) is 0 Å². The van der Waals surface area contributed by atoms with Crippen molar-refractivity contribution in [1.29, 1.82) is 0 Å². The first-order valence-corrected chi connectivity index (χ1v) is 15.8. The maximum Gasteiger partial charge on any atom is 0.185 e. The molecule has 4 rings (SSSR count). The molecule has 0 unspecified atom stereocenters. The maximum atomic E-state index is 10.3. The molecular weight excluding hydrogens is 390 g/mol. The van der Waals surface area contributed by atoms with Gasteiger partial charge in [-0.2, -0.15) is 0 Å². The topological polar surface area (TPSA) is 51.0 Å². The third-order valence-corrected chi connectivity index (χ3v) is 11.0. The number of hydrogen-bond donors (Lipinski definition) is 1. The number of fused-ring (bicyclic) bond motifs is 5. The summed E-state index contributed by atoms with van der Waals surface area (Å²) in [4.78, 5) is 5.28. The monoisotopic (exact) mass is 435 g/mol. The lowest BCUT2D eigenvalue weighted by Crippen LogP contribution is -2.61. The van der Waals surface area contributed by atoms with Crippen molar-refractivity contribution in [2.24, 2.45) is 39.7 Å². The van der Waals surface area contributed by atoms with Crippen molar-refractivity contribution in [1.82, 2.24) is 0 Å². The lowest BCUT2D eigenvalue weighted by atomic mass is 9.44. The minimum Gasteiger partial charge on any atom is -0.406 e. The van der Waals surface area contributed by atoms with E-state index in [2.05, 4.69) is 45.6 Å². The second-order valence-electron chi connectivity index (χ2n) is 12.5. The Morgan fingerprint density at radius 3 is 2.33 bits per heavy atom. The highest BCUT2D eigenvalue weighted by Crippen LogP contribution is 2.69. The van der Waals surface area contributed by atoms with Gasteiger partial charge in [-0.25, -0.2) is 0 Å². The largest absolute Gasteiger partial charge is 0.406 e. The fraction of sp³-hybridized carbons (Fsp3) is 0.960. The summed E-state index contributed by atoms with van der Waals surface area (Å²) >= 11 is 0. The van der Waals surface area contributed by atoms with Gasteiger partial charge in [-0.3, -0.25) is 0 Å².